The third-order valence-electron chi connectivity index (χ3n) is 3.83. The van der Waals surface area contributed by atoms with Gasteiger partial charge in [-0.3, -0.25) is 4.79 Å². The van der Waals surface area contributed by atoms with Crippen LogP contribution in [-0.2, 0) is 21.2 Å². The number of sulfonamides is 1. The maximum Gasteiger partial charge on any atom is 0.243 e. The molecule has 7 heteroatoms. The Bertz CT molecular complexity index is 608. The highest BCUT2D eigenvalue weighted by atomic mass is 32.2. The fourth-order valence-electron chi connectivity index (χ4n) is 2.33. The van der Waals surface area contributed by atoms with Gasteiger partial charge in [-0.1, -0.05) is 26.0 Å². The lowest BCUT2D eigenvalue weighted by Gasteiger charge is -2.18. The molecule has 0 aromatic heterocycles. The molecule has 0 radical (unpaired) electrons. The summed E-state index contributed by atoms with van der Waals surface area (Å²) in [5.41, 5.74) is 6.57. The van der Waals surface area contributed by atoms with Gasteiger partial charge >= 0.3 is 0 Å². The maximum atomic E-state index is 12.4. The van der Waals surface area contributed by atoms with Gasteiger partial charge in [-0.2, -0.15) is 4.31 Å². The first-order valence-corrected chi connectivity index (χ1v) is 9.86. The topological polar surface area (TPSA) is 92.5 Å². The van der Waals surface area contributed by atoms with Crippen LogP contribution in [0, 0.1) is 0 Å². The zero-order valence-corrected chi connectivity index (χ0v) is 15.6. The fourth-order valence-corrected chi connectivity index (χ4v) is 3.78. The molecule has 1 atom stereocenters. The van der Waals surface area contributed by atoms with Gasteiger partial charge in [-0.15, -0.1) is 0 Å². The van der Waals surface area contributed by atoms with E-state index in [2.05, 4.69) is 5.32 Å². The molecule has 0 spiro atoms. The Labute approximate surface area is 145 Å². The minimum atomic E-state index is -3.43. The molecular formula is C17H29N3O3S. The smallest absolute Gasteiger partial charge is 0.243 e. The molecule has 3 N–H and O–H groups in total. The van der Waals surface area contributed by atoms with Crippen LogP contribution in [0.1, 0.15) is 39.2 Å². The second-order valence-electron chi connectivity index (χ2n) is 5.85. The van der Waals surface area contributed by atoms with Gasteiger partial charge in [0.15, 0.2) is 0 Å². The molecule has 0 aliphatic rings. The Kier molecular flexibility index (Phi) is 8.38. The van der Waals surface area contributed by atoms with Crippen molar-refractivity contribution in [2.75, 3.05) is 19.6 Å². The van der Waals surface area contributed by atoms with Crippen LogP contribution in [0.3, 0.4) is 0 Å². The highest BCUT2D eigenvalue weighted by molar-refractivity contribution is 7.89. The molecule has 0 fully saturated rings. The van der Waals surface area contributed by atoms with Crippen LogP contribution in [0.25, 0.3) is 0 Å². The number of hydrogen-bond acceptors (Lipinski definition) is 4. The monoisotopic (exact) mass is 355 g/mol. The third-order valence-corrected chi connectivity index (χ3v) is 5.89. The number of nitrogens with one attached hydrogen (secondary N) is 1. The predicted octanol–water partition coefficient (Wildman–Crippen LogP) is 1.50. The summed E-state index contributed by atoms with van der Waals surface area (Å²) in [6.07, 6.45) is 1.71. The van der Waals surface area contributed by atoms with Crippen LogP contribution in [-0.4, -0.2) is 44.3 Å². The number of benzene rings is 1. The number of hydrogen-bond donors (Lipinski definition) is 2. The van der Waals surface area contributed by atoms with Gasteiger partial charge in [0.05, 0.1) is 4.90 Å². The molecule has 1 rings (SSSR count). The lowest BCUT2D eigenvalue weighted by Crippen LogP contribution is -2.30. The van der Waals surface area contributed by atoms with Gasteiger partial charge in [-0.05, 0) is 37.5 Å². The first-order valence-electron chi connectivity index (χ1n) is 8.42. The number of amides is 1. The first-order chi connectivity index (χ1) is 11.3. The number of rotatable bonds is 10. The summed E-state index contributed by atoms with van der Waals surface area (Å²) in [5.74, 6) is -0.0181. The summed E-state index contributed by atoms with van der Waals surface area (Å²) in [6, 6.07) is 6.83. The van der Waals surface area contributed by atoms with Crippen LogP contribution in [0.2, 0.25) is 0 Å². The molecule has 1 aromatic rings. The average molecular weight is 356 g/mol. The Morgan fingerprint density at radius 1 is 1.21 bits per heavy atom. The van der Waals surface area contributed by atoms with E-state index in [1.54, 1.807) is 24.3 Å². The predicted molar refractivity (Wildman–Crippen MR) is 96.1 cm³/mol. The maximum absolute atomic E-state index is 12.4. The van der Waals surface area contributed by atoms with Crippen LogP contribution in [0.15, 0.2) is 29.2 Å². The van der Waals surface area contributed by atoms with Crippen molar-refractivity contribution in [2.24, 2.45) is 5.73 Å². The van der Waals surface area contributed by atoms with Gasteiger partial charge in [0, 0.05) is 32.1 Å². The Morgan fingerprint density at radius 3 is 2.29 bits per heavy atom. The van der Waals surface area contributed by atoms with Crippen molar-refractivity contribution in [2.45, 2.75) is 51.0 Å². The molecular weight excluding hydrogens is 326 g/mol. The molecule has 6 nitrogen and oxygen atoms in total. The molecule has 24 heavy (non-hydrogen) atoms. The molecule has 136 valence electrons. The van der Waals surface area contributed by atoms with Crippen LogP contribution in [0.4, 0.5) is 0 Å². The second-order valence-corrected chi connectivity index (χ2v) is 7.79. The van der Waals surface area contributed by atoms with Gasteiger partial charge in [-0.25, -0.2) is 8.42 Å². The van der Waals surface area contributed by atoms with Crippen molar-refractivity contribution in [3.8, 4) is 0 Å². The minimum absolute atomic E-state index is 0.0181. The molecule has 0 bridgehead atoms. The quantitative estimate of drug-likeness (QED) is 0.665. The molecule has 0 saturated carbocycles. The van der Waals surface area contributed by atoms with E-state index in [1.807, 2.05) is 20.8 Å². The van der Waals surface area contributed by atoms with E-state index in [-0.39, 0.29) is 16.8 Å². The Hall–Kier alpha value is -1.44. The lowest BCUT2D eigenvalue weighted by atomic mass is 10.1. The number of carbonyl (C=O) groups is 1. The highest BCUT2D eigenvalue weighted by Gasteiger charge is 2.21. The molecule has 0 aliphatic carbocycles. The normalized spacial score (nSPS) is 13.0. The van der Waals surface area contributed by atoms with E-state index >= 15 is 0 Å². The summed E-state index contributed by atoms with van der Waals surface area (Å²) >= 11 is 0. The van der Waals surface area contributed by atoms with Crippen molar-refractivity contribution in [1.82, 2.24) is 9.62 Å². The summed E-state index contributed by atoms with van der Waals surface area (Å²) in [4.78, 5) is 12.0. The molecule has 0 heterocycles. The molecule has 0 saturated heterocycles. The number of carbonyl (C=O) groups excluding carboxylic acids is 1. The SMILES string of the molecule is CCN(CC)S(=O)(=O)c1ccc(CCC(=O)NCCC(C)N)cc1. The summed E-state index contributed by atoms with van der Waals surface area (Å²) < 4.78 is 26.2. The van der Waals surface area contributed by atoms with E-state index in [0.717, 1.165) is 12.0 Å². The van der Waals surface area contributed by atoms with Gasteiger partial charge < -0.3 is 11.1 Å². The van der Waals surface area contributed by atoms with E-state index in [0.29, 0.717) is 32.5 Å². The van der Waals surface area contributed by atoms with Gasteiger partial charge in [0.25, 0.3) is 0 Å². The van der Waals surface area contributed by atoms with Crippen LogP contribution in [0.5, 0.6) is 0 Å². The minimum Gasteiger partial charge on any atom is -0.356 e. The van der Waals surface area contributed by atoms with Crippen molar-refractivity contribution in [3.63, 3.8) is 0 Å². The lowest BCUT2D eigenvalue weighted by molar-refractivity contribution is -0.121. The van der Waals surface area contributed by atoms with E-state index in [9.17, 15) is 13.2 Å². The zero-order valence-electron chi connectivity index (χ0n) is 14.8. The van der Waals surface area contributed by atoms with Crippen LogP contribution < -0.4 is 11.1 Å². The highest BCUT2D eigenvalue weighted by Crippen LogP contribution is 2.16. The Balaban J connectivity index is 2.58. The van der Waals surface area contributed by atoms with Gasteiger partial charge in [0.1, 0.15) is 0 Å². The van der Waals surface area contributed by atoms with Crippen molar-refractivity contribution in [1.29, 1.82) is 0 Å². The molecule has 1 aromatic carbocycles. The average Bonchev–Trinajstić information content (AvgIpc) is 2.54. The largest absolute Gasteiger partial charge is 0.356 e. The number of aryl methyl sites for hydroxylation is 1. The zero-order chi connectivity index (χ0) is 18.2. The van der Waals surface area contributed by atoms with E-state index < -0.39 is 10.0 Å². The van der Waals surface area contributed by atoms with Crippen molar-refractivity contribution >= 4 is 15.9 Å². The van der Waals surface area contributed by atoms with Gasteiger partial charge in [0.2, 0.25) is 15.9 Å². The van der Waals surface area contributed by atoms with E-state index in [4.69, 9.17) is 5.73 Å². The second kappa shape index (κ2) is 9.76. The van der Waals surface area contributed by atoms with Crippen molar-refractivity contribution < 1.29 is 13.2 Å². The van der Waals surface area contributed by atoms with Crippen LogP contribution >= 0.6 is 0 Å². The third kappa shape index (κ3) is 6.22. The molecule has 1 amide bonds. The van der Waals surface area contributed by atoms with Crippen molar-refractivity contribution in [3.05, 3.63) is 29.8 Å². The van der Waals surface area contributed by atoms with E-state index in [1.165, 1.54) is 4.31 Å². The fraction of sp³-hybridized carbons (Fsp3) is 0.588. The standard InChI is InChI=1S/C17H29N3O3S/c1-4-20(5-2)24(22,23)16-9-6-15(7-10-16)8-11-17(21)19-13-12-14(3)18/h6-7,9-10,14H,4-5,8,11-13,18H2,1-3H3,(H,19,21). The summed E-state index contributed by atoms with van der Waals surface area (Å²) in [5, 5.41) is 2.83. The first kappa shape index (κ1) is 20.6. The number of nitrogens with two attached hydrogens (primary N) is 1. The molecule has 1 unspecified atom stereocenters. The Morgan fingerprint density at radius 2 is 1.79 bits per heavy atom. The number of nitrogens with zero attached hydrogens (tertiary/aromatic N) is 1. The summed E-state index contributed by atoms with van der Waals surface area (Å²) in [6.45, 7) is 7.01. The molecule has 0 aliphatic heterocycles. The summed E-state index contributed by atoms with van der Waals surface area (Å²) in [7, 11) is -3.43.